The molecule has 0 fully saturated rings. The maximum Gasteiger partial charge on any atom is 0.387 e. The summed E-state index contributed by atoms with van der Waals surface area (Å²) in [5, 5.41) is 15.5. The second-order valence-electron chi connectivity index (χ2n) is 7.57. The van der Waals surface area contributed by atoms with Gasteiger partial charge in [0.1, 0.15) is 16.8 Å². The van der Waals surface area contributed by atoms with Gasteiger partial charge < -0.3 is 20.2 Å². The number of hydrogen-bond donors (Lipinski definition) is 2. The zero-order chi connectivity index (χ0) is 24.9. The van der Waals surface area contributed by atoms with Gasteiger partial charge in [-0.2, -0.15) is 18.6 Å². The van der Waals surface area contributed by atoms with Crippen LogP contribution in [0.3, 0.4) is 0 Å². The van der Waals surface area contributed by atoms with Gasteiger partial charge >= 0.3 is 6.61 Å². The van der Waals surface area contributed by atoms with Crippen LogP contribution in [0.25, 0.3) is 27.9 Å². The Hall–Kier alpha value is -4.34. The predicted molar refractivity (Wildman–Crippen MR) is 130 cm³/mol. The predicted octanol–water partition coefficient (Wildman–Crippen LogP) is 4.38. The lowest BCUT2D eigenvalue weighted by Gasteiger charge is -2.15. The first-order valence-electron chi connectivity index (χ1n) is 10.9. The largest absolute Gasteiger partial charge is 0.478 e. The molecule has 0 amide bonds. The zero-order valence-electron chi connectivity index (χ0n) is 19.1. The lowest BCUT2D eigenvalue weighted by molar-refractivity contribution is -0.0498. The fourth-order valence-electron chi connectivity index (χ4n) is 3.54. The number of pyridine rings is 1. The Bertz CT molecular complexity index is 1410. The van der Waals surface area contributed by atoms with E-state index in [9.17, 15) is 13.6 Å². The van der Waals surface area contributed by atoms with Crippen molar-refractivity contribution in [1.82, 2.24) is 20.1 Å². The van der Waals surface area contributed by atoms with Crippen molar-refractivity contribution in [2.75, 3.05) is 13.7 Å². The van der Waals surface area contributed by atoms with Crippen molar-refractivity contribution in [2.24, 2.45) is 0 Å². The smallest absolute Gasteiger partial charge is 0.387 e. The summed E-state index contributed by atoms with van der Waals surface area (Å²) < 4.78 is 36.5. The monoisotopic (exact) mass is 479 g/mol. The molecule has 4 rings (SSSR count). The summed E-state index contributed by atoms with van der Waals surface area (Å²) in [6, 6.07) is 9.16. The van der Waals surface area contributed by atoms with Crippen LogP contribution in [-0.4, -0.2) is 40.7 Å². The maximum atomic E-state index is 13.7. The number of halogens is 2. The fraction of sp³-hybridized carbons (Fsp3) is 0.200. The molecule has 0 spiro atoms. The first-order chi connectivity index (χ1) is 16.9. The van der Waals surface area contributed by atoms with Crippen LogP contribution in [0.2, 0.25) is 0 Å². The van der Waals surface area contributed by atoms with Crippen molar-refractivity contribution in [1.29, 1.82) is 5.41 Å². The molecule has 2 aromatic heterocycles. The normalized spacial score (nSPS) is 14.5. The third-order valence-electron chi connectivity index (χ3n) is 5.10. The molecule has 0 saturated heterocycles. The molecule has 1 aliphatic rings. The van der Waals surface area contributed by atoms with Crippen LogP contribution in [0.15, 0.2) is 71.2 Å². The number of fused-ring (bicyclic) bond motifs is 1. The summed E-state index contributed by atoms with van der Waals surface area (Å²) in [6.45, 7) is -0.525. The second-order valence-corrected chi connectivity index (χ2v) is 7.57. The lowest BCUT2D eigenvalue weighted by Crippen LogP contribution is -2.25. The minimum Gasteiger partial charge on any atom is -0.478 e. The SMILES string of the molecule is CCCOc1ccc2nn(C3=C/C(=C/NC)C(=N)C=C3)c(=O)c(-c3ccc(OC(F)F)cc3)c2n1. The van der Waals surface area contributed by atoms with Gasteiger partial charge in [-0.25, -0.2) is 4.98 Å². The van der Waals surface area contributed by atoms with Crippen molar-refractivity contribution in [3.05, 3.63) is 76.8 Å². The molecule has 3 aromatic rings. The summed E-state index contributed by atoms with van der Waals surface area (Å²) in [4.78, 5) is 18.2. The van der Waals surface area contributed by atoms with E-state index >= 15 is 0 Å². The molecule has 0 unspecified atom stereocenters. The van der Waals surface area contributed by atoms with Gasteiger partial charge in [-0.3, -0.25) is 4.79 Å². The summed E-state index contributed by atoms with van der Waals surface area (Å²) in [6.07, 6.45) is 7.32. The van der Waals surface area contributed by atoms with Crippen molar-refractivity contribution >= 4 is 22.4 Å². The van der Waals surface area contributed by atoms with Crippen molar-refractivity contribution in [3.8, 4) is 22.8 Å². The Balaban J connectivity index is 1.92. The molecule has 2 heterocycles. The molecule has 1 aromatic carbocycles. The number of nitrogens with one attached hydrogen (secondary N) is 2. The van der Waals surface area contributed by atoms with Crippen LogP contribution in [0, 0.1) is 5.41 Å². The summed E-state index contributed by atoms with van der Waals surface area (Å²) >= 11 is 0. The number of alkyl halides is 2. The molecule has 0 radical (unpaired) electrons. The summed E-state index contributed by atoms with van der Waals surface area (Å²) in [7, 11) is 1.72. The summed E-state index contributed by atoms with van der Waals surface area (Å²) in [5.74, 6) is 0.322. The number of rotatable bonds is 8. The number of allylic oxidation sites excluding steroid dienone is 5. The molecule has 180 valence electrons. The van der Waals surface area contributed by atoms with Crippen LogP contribution in [-0.2, 0) is 0 Å². The minimum absolute atomic E-state index is 0.0272. The number of ether oxygens (including phenoxy) is 2. The van der Waals surface area contributed by atoms with Gasteiger partial charge in [-0.1, -0.05) is 19.1 Å². The van der Waals surface area contributed by atoms with Gasteiger partial charge in [0.2, 0.25) is 5.88 Å². The fourth-order valence-corrected chi connectivity index (χ4v) is 3.54. The Morgan fingerprint density at radius 2 is 1.94 bits per heavy atom. The third kappa shape index (κ3) is 5.11. The summed E-state index contributed by atoms with van der Waals surface area (Å²) in [5.41, 5.74) is 2.30. The van der Waals surface area contributed by atoms with E-state index in [2.05, 4.69) is 20.1 Å². The number of nitrogens with zero attached hydrogens (tertiary/aromatic N) is 3. The maximum absolute atomic E-state index is 13.7. The van der Waals surface area contributed by atoms with E-state index in [0.29, 0.717) is 40.4 Å². The number of hydrogen-bond acceptors (Lipinski definition) is 7. The van der Waals surface area contributed by atoms with Gasteiger partial charge in [0.15, 0.2) is 0 Å². The Labute approximate surface area is 199 Å². The third-order valence-corrected chi connectivity index (χ3v) is 5.10. The average molecular weight is 479 g/mol. The Morgan fingerprint density at radius 3 is 2.63 bits per heavy atom. The minimum atomic E-state index is -2.96. The second kappa shape index (κ2) is 10.3. The molecular formula is C25H23F2N5O3. The molecule has 2 N–H and O–H groups in total. The molecule has 0 atom stereocenters. The van der Waals surface area contributed by atoms with Gasteiger partial charge in [0.25, 0.3) is 5.56 Å². The Kier molecular flexibility index (Phi) is 7.00. The topological polar surface area (TPSA) is 102 Å². The zero-order valence-corrected chi connectivity index (χ0v) is 19.1. The van der Waals surface area contributed by atoms with Gasteiger partial charge in [0.05, 0.1) is 23.6 Å². The average Bonchev–Trinajstić information content (AvgIpc) is 2.84. The van der Waals surface area contributed by atoms with E-state index in [4.69, 9.17) is 10.1 Å². The lowest BCUT2D eigenvalue weighted by atomic mass is 10.0. The molecule has 10 heteroatoms. The standard InChI is InChI=1S/C25H23F2N5O3/c1-3-12-34-21-11-10-20-23(30-21)22(15-4-7-18(8-5-15)35-25(26)27)24(33)32(31-20)17-6-9-19(28)16(13-17)14-29-2/h4-11,13-14,25,28-29H,3,12H2,1-2H3/b16-14-,28-19?. The molecule has 0 aliphatic heterocycles. The van der Waals surface area contributed by atoms with E-state index in [0.717, 1.165) is 6.42 Å². The highest BCUT2D eigenvalue weighted by molar-refractivity contribution is 6.12. The first-order valence-corrected chi connectivity index (χ1v) is 10.9. The molecule has 35 heavy (non-hydrogen) atoms. The van der Waals surface area contributed by atoms with Gasteiger partial charge in [-0.15, -0.1) is 0 Å². The van der Waals surface area contributed by atoms with E-state index in [1.165, 1.54) is 28.9 Å². The van der Waals surface area contributed by atoms with Crippen LogP contribution in [0.4, 0.5) is 8.78 Å². The van der Waals surface area contributed by atoms with E-state index < -0.39 is 12.2 Å². The van der Waals surface area contributed by atoms with Gasteiger partial charge in [-0.05, 0) is 48.4 Å². The first kappa shape index (κ1) is 23.8. The molecule has 8 nitrogen and oxygen atoms in total. The highest BCUT2D eigenvalue weighted by Gasteiger charge is 2.19. The molecule has 0 saturated carbocycles. The van der Waals surface area contributed by atoms with E-state index in [1.807, 2.05) is 6.92 Å². The van der Waals surface area contributed by atoms with Crippen LogP contribution in [0.1, 0.15) is 13.3 Å². The molecular weight excluding hydrogens is 456 g/mol. The van der Waals surface area contributed by atoms with Crippen LogP contribution >= 0.6 is 0 Å². The van der Waals surface area contributed by atoms with Crippen molar-refractivity contribution < 1.29 is 18.3 Å². The number of aromatic nitrogens is 3. The highest BCUT2D eigenvalue weighted by atomic mass is 19.3. The van der Waals surface area contributed by atoms with Crippen LogP contribution in [0.5, 0.6) is 11.6 Å². The van der Waals surface area contributed by atoms with Crippen molar-refractivity contribution in [2.45, 2.75) is 20.0 Å². The van der Waals surface area contributed by atoms with Crippen molar-refractivity contribution in [3.63, 3.8) is 0 Å². The molecule has 0 bridgehead atoms. The van der Waals surface area contributed by atoms with E-state index in [-0.39, 0.29) is 17.0 Å². The number of benzene rings is 1. The van der Waals surface area contributed by atoms with Gasteiger partial charge in [0, 0.05) is 24.9 Å². The highest BCUT2D eigenvalue weighted by Crippen LogP contribution is 2.28. The van der Waals surface area contributed by atoms with E-state index in [1.54, 1.807) is 43.6 Å². The molecule has 1 aliphatic carbocycles. The quantitative estimate of drug-likeness (QED) is 0.497. The van der Waals surface area contributed by atoms with Crippen LogP contribution < -0.4 is 20.3 Å². The Morgan fingerprint density at radius 1 is 1.17 bits per heavy atom.